The predicted molar refractivity (Wildman–Crippen MR) is 129 cm³/mol. The summed E-state index contributed by atoms with van der Waals surface area (Å²) in [5, 5.41) is 13.8. The summed E-state index contributed by atoms with van der Waals surface area (Å²) in [4.78, 5) is 15.2. The van der Waals surface area contributed by atoms with Gasteiger partial charge >= 0.3 is 0 Å². The lowest BCUT2D eigenvalue weighted by atomic mass is 10.1. The van der Waals surface area contributed by atoms with Crippen molar-refractivity contribution in [2.24, 2.45) is 0 Å². The van der Waals surface area contributed by atoms with E-state index in [1.807, 2.05) is 90.3 Å². The van der Waals surface area contributed by atoms with E-state index < -0.39 is 0 Å². The van der Waals surface area contributed by atoms with Crippen LogP contribution in [0.5, 0.6) is 0 Å². The molecule has 0 saturated heterocycles. The van der Waals surface area contributed by atoms with E-state index in [0.29, 0.717) is 29.4 Å². The zero-order chi connectivity index (χ0) is 22.7. The SMILES string of the molecule is CN(C)c1ccc(CNC(=O)c2cc3cc(Cl)ccc3n2Cc2cccc(C#N)c2)cc1. The van der Waals surface area contributed by atoms with Gasteiger partial charge in [-0.15, -0.1) is 0 Å². The number of carbonyl (C=O) groups is 1. The Hall–Kier alpha value is -3.75. The van der Waals surface area contributed by atoms with E-state index in [2.05, 4.69) is 11.4 Å². The Kier molecular flexibility index (Phi) is 6.16. The molecule has 4 rings (SSSR count). The number of nitrogens with one attached hydrogen (secondary N) is 1. The first-order valence-corrected chi connectivity index (χ1v) is 10.6. The van der Waals surface area contributed by atoms with Crippen LogP contribution >= 0.6 is 11.6 Å². The second-order valence-corrected chi connectivity index (χ2v) is 8.31. The highest BCUT2D eigenvalue weighted by atomic mass is 35.5. The molecule has 3 aromatic carbocycles. The van der Waals surface area contributed by atoms with Crippen LogP contribution in [-0.4, -0.2) is 24.6 Å². The number of amides is 1. The van der Waals surface area contributed by atoms with E-state index in [1.54, 1.807) is 6.07 Å². The average Bonchev–Trinajstić information content (AvgIpc) is 3.15. The number of halogens is 1. The third-order valence-electron chi connectivity index (χ3n) is 5.40. The molecule has 0 spiro atoms. The van der Waals surface area contributed by atoms with Gasteiger partial charge in [-0.3, -0.25) is 4.79 Å². The number of hydrogen-bond donors (Lipinski definition) is 1. The molecule has 0 saturated carbocycles. The molecule has 1 heterocycles. The number of hydrogen-bond acceptors (Lipinski definition) is 3. The fourth-order valence-corrected chi connectivity index (χ4v) is 3.89. The van der Waals surface area contributed by atoms with Gasteiger partial charge in [-0.2, -0.15) is 5.26 Å². The first-order valence-electron chi connectivity index (χ1n) is 10.3. The summed E-state index contributed by atoms with van der Waals surface area (Å²) in [5.74, 6) is -0.162. The molecule has 0 bridgehead atoms. The molecule has 0 aliphatic heterocycles. The summed E-state index contributed by atoms with van der Waals surface area (Å²) < 4.78 is 1.96. The van der Waals surface area contributed by atoms with Crippen LogP contribution in [0.1, 0.15) is 27.2 Å². The van der Waals surface area contributed by atoms with Crippen LogP contribution in [0, 0.1) is 11.3 Å². The Bertz CT molecular complexity index is 1320. The molecule has 5 nitrogen and oxygen atoms in total. The van der Waals surface area contributed by atoms with Gasteiger partial charge in [0, 0.05) is 48.8 Å². The molecule has 1 N–H and O–H groups in total. The molecule has 32 heavy (non-hydrogen) atoms. The van der Waals surface area contributed by atoms with Crippen LogP contribution in [0.4, 0.5) is 5.69 Å². The molecule has 1 aromatic heterocycles. The molecule has 0 fully saturated rings. The third-order valence-corrected chi connectivity index (χ3v) is 5.63. The standard InChI is InChI=1S/C26H23ClN4O/c1-30(2)23-9-6-18(7-10-23)16-29-26(32)25-14-21-13-22(27)8-11-24(21)31(25)17-20-5-3-4-19(12-20)15-28/h3-14H,16-17H2,1-2H3,(H,29,32). The van der Waals surface area contributed by atoms with Gasteiger partial charge in [0.25, 0.3) is 5.91 Å². The molecule has 0 aliphatic carbocycles. The fourth-order valence-electron chi connectivity index (χ4n) is 3.71. The number of aromatic nitrogens is 1. The summed E-state index contributed by atoms with van der Waals surface area (Å²) in [6.07, 6.45) is 0. The fraction of sp³-hybridized carbons (Fsp3) is 0.154. The van der Waals surface area contributed by atoms with Crippen molar-refractivity contribution in [3.05, 3.63) is 100 Å². The third kappa shape index (κ3) is 4.61. The van der Waals surface area contributed by atoms with Crippen molar-refractivity contribution in [3.63, 3.8) is 0 Å². The molecule has 0 radical (unpaired) electrons. The quantitative estimate of drug-likeness (QED) is 0.446. The summed E-state index contributed by atoms with van der Waals surface area (Å²) in [6.45, 7) is 0.902. The largest absolute Gasteiger partial charge is 0.378 e. The molecule has 0 unspecified atom stereocenters. The van der Waals surface area contributed by atoms with Crippen molar-refractivity contribution in [3.8, 4) is 6.07 Å². The van der Waals surface area contributed by atoms with Gasteiger partial charge in [0.1, 0.15) is 5.69 Å². The first kappa shape index (κ1) is 21.5. The van der Waals surface area contributed by atoms with Gasteiger partial charge in [0.05, 0.1) is 11.6 Å². The van der Waals surface area contributed by atoms with Crippen molar-refractivity contribution in [2.75, 3.05) is 19.0 Å². The highest BCUT2D eigenvalue weighted by Crippen LogP contribution is 2.25. The van der Waals surface area contributed by atoms with Crippen molar-refractivity contribution in [1.29, 1.82) is 5.26 Å². The highest BCUT2D eigenvalue weighted by molar-refractivity contribution is 6.31. The number of nitriles is 1. The molecule has 4 aromatic rings. The van der Waals surface area contributed by atoms with Crippen molar-refractivity contribution >= 4 is 34.1 Å². The Balaban J connectivity index is 1.62. The maximum absolute atomic E-state index is 13.2. The van der Waals surface area contributed by atoms with Crippen LogP contribution in [0.25, 0.3) is 10.9 Å². The lowest BCUT2D eigenvalue weighted by Crippen LogP contribution is -2.25. The van der Waals surface area contributed by atoms with Gasteiger partial charge < -0.3 is 14.8 Å². The molecular weight excluding hydrogens is 420 g/mol. The van der Waals surface area contributed by atoms with E-state index >= 15 is 0 Å². The number of benzene rings is 3. The Morgan fingerprint density at radius 2 is 1.81 bits per heavy atom. The number of nitrogens with zero attached hydrogens (tertiary/aromatic N) is 3. The van der Waals surface area contributed by atoms with Crippen molar-refractivity contribution in [2.45, 2.75) is 13.1 Å². The van der Waals surface area contributed by atoms with Gasteiger partial charge in [-0.05, 0) is 59.7 Å². The van der Waals surface area contributed by atoms with E-state index in [0.717, 1.165) is 27.7 Å². The monoisotopic (exact) mass is 442 g/mol. The topological polar surface area (TPSA) is 61.1 Å². The Morgan fingerprint density at radius 1 is 1.03 bits per heavy atom. The number of rotatable bonds is 6. The number of carbonyl (C=O) groups excluding carboxylic acids is 1. The molecule has 0 aliphatic rings. The zero-order valence-corrected chi connectivity index (χ0v) is 18.7. The minimum absolute atomic E-state index is 0.162. The van der Waals surface area contributed by atoms with Gasteiger partial charge in [0.2, 0.25) is 0 Å². The van der Waals surface area contributed by atoms with Crippen LogP contribution in [-0.2, 0) is 13.1 Å². The van der Waals surface area contributed by atoms with E-state index in [-0.39, 0.29) is 5.91 Å². The summed E-state index contributed by atoms with van der Waals surface area (Å²) >= 11 is 6.19. The highest BCUT2D eigenvalue weighted by Gasteiger charge is 2.16. The summed E-state index contributed by atoms with van der Waals surface area (Å²) in [6, 6.07) is 25.1. The van der Waals surface area contributed by atoms with Crippen molar-refractivity contribution in [1.82, 2.24) is 9.88 Å². The molecule has 160 valence electrons. The maximum atomic E-state index is 13.2. The van der Waals surface area contributed by atoms with Crippen LogP contribution in [0.3, 0.4) is 0 Å². The minimum atomic E-state index is -0.162. The first-order chi connectivity index (χ1) is 15.4. The average molecular weight is 443 g/mol. The van der Waals surface area contributed by atoms with Crippen LogP contribution in [0.2, 0.25) is 5.02 Å². The predicted octanol–water partition coefficient (Wildman–Crippen LogP) is 5.21. The lowest BCUT2D eigenvalue weighted by Gasteiger charge is -2.14. The van der Waals surface area contributed by atoms with E-state index in [1.165, 1.54) is 0 Å². The number of fused-ring (bicyclic) bond motifs is 1. The Labute approximate surface area is 192 Å². The van der Waals surface area contributed by atoms with Gasteiger partial charge in [0.15, 0.2) is 0 Å². The maximum Gasteiger partial charge on any atom is 0.268 e. The molecular formula is C26H23ClN4O. The summed E-state index contributed by atoms with van der Waals surface area (Å²) in [7, 11) is 3.99. The second-order valence-electron chi connectivity index (χ2n) is 7.87. The van der Waals surface area contributed by atoms with Gasteiger partial charge in [-0.25, -0.2) is 0 Å². The lowest BCUT2D eigenvalue weighted by molar-refractivity contribution is 0.0942. The molecule has 1 amide bonds. The number of anilines is 1. The zero-order valence-electron chi connectivity index (χ0n) is 18.0. The van der Waals surface area contributed by atoms with E-state index in [9.17, 15) is 10.1 Å². The second kappa shape index (κ2) is 9.17. The molecule has 6 heteroatoms. The molecule has 0 atom stereocenters. The van der Waals surface area contributed by atoms with Crippen molar-refractivity contribution < 1.29 is 4.79 Å². The van der Waals surface area contributed by atoms with Crippen LogP contribution in [0.15, 0.2) is 72.8 Å². The Morgan fingerprint density at radius 3 is 2.53 bits per heavy atom. The normalized spacial score (nSPS) is 10.7. The van der Waals surface area contributed by atoms with Gasteiger partial charge in [-0.1, -0.05) is 35.9 Å². The van der Waals surface area contributed by atoms with E-state index in [4.69, 9.17) is 11.6 Å². The minimum Gasteiger partial charge on any atom is -0.378 e. The smallest absolute Gasteiger partial charge is 0.268 e. The van der Waals surface area contributed by atoms with Crippen LogP contribution < -0.4 is 10.2 Å². The summed E-state index contributed by atoms with van der Waals surface area (Å²) in [5.41, 5.74) is 5.14.